The van der Waals surface area contributed by atoms with Gasteiger partial charge in [-0.2, -0.15) is 0 Å². The highest BCUT2D eigenvalue weighted by Crippen LogP contribution is 2.34. The summed E-state index contributed by atoms with van der Waals surface area (Å²) in [4.78, 5) is 2.46. The molecule has 0 radical (unpaired) electrons. The number of nitrogens with zero attached hydrogens (tertiary/aromatic N) is 1. The minimum absolute atomic E-state index is 0.320. The zero-order valence-corrected chi connectivity index (χ0v) is 12.1. The Hall–Kier alpha value is -1.26. The number of rotatable bonds is 7. The lowest BCUT2D eigenvalue weighted by Gasteiger charge is -2.26. The van der Waals surface area contributed by atoms with E-state index in [1.54, 1.807) is 0 Å². The highest BCUT2D eigenvalue weighted by atomic mass is 16.7. The average molecular weight is 264 g/mol. The van der Waals surface area contributed by atoms with Gasteiger partial charge in [-0.1, -0.05) is 19.9 Å². The lowest BCUT2D eigenvalue weighted by molar-refractivity contribution is 0.174. The van der Waals surface area contributed by atoms with Crippen LogP contribution < -0.4 is 14.8 Å². The van der Waals surface area contributed by atoms with Crippen LogP contribution in [-0.2, 0) is 0 Å². The Morgan fingerprint density at radius 3 is 2.74 bits per heavy atom. The molecule has 1 aliphatic rings. The van der Waals surface area contributed by atoms with Crippen molar-refractivity contribution in [3.63, 3.8) is 0 Å². The molecule has 0 saturated carbocycles. The van der Waals surface area contributed by atoms with Gasteiger partial charge in [0.1, 0.15) is 0 Å². The van der Waals surface area contributed by atoms with Crippen molar-refractivity contribution in [2.45, 2.75) is 26.3 Å². The molecular weight excluding hydrogens is 240 g/mol. The molecule has 1 N–H and O–H groups in total. The van der Waals surface area contributed by atoms with Crippen molar-refractivity contribution in [3.05, 3.63) is 23.8 Å². The summed E-state index contributed by atoms with van der Waals surface area (Å²) >= 11 is 0. The van der Waals surface area contributed by atoms with E-state index in [-0.39, 0.29) is 0 Å². The van der Waals surface area contributed by atoms with Crippen molar-refractivity contribution in [1.82, 2.24) is 10.2 Å². The maximum Gasteiger partial charge on any atom is 0.231 e. The van der Waals surface area contributed by atoms with Crippen molar-refractivity contribution >= 4 is 0 Å². The highest BCUT2D eigenvalue weighted by Gasteiger charge is 2.18. The van der Waals surface area contributed by atoms with E-state index in [9.17, 15) is 0 Å². The predicted octanol–water partition coefficient (Wildman–Crippen LogP) is 2.41. The van der Waals surface area contributed by atoms with Crippen LogP contribution in [0.5, 0.6) is 11.5 Å². The van der Waals surface area contributed by atoms with Crippen LogP contribution >= 0.6 is 0 Å². The normalized spacial score (nSPS) is 14.9. The number of hydrogen-bond acceptors (Lipinski definition) is 4. The van der Waals surface area contributed by atoms with Gasteiger partial charge in [0.25, 0.3) is 0 Å². The Labute approximate surface area is 115 Å². The molecule has 0 saturated heterocycles. The summed E-state index contributed by atoms with van der Waals surface area (Å²) in [6.07, 6.45) is 1.19. The number of fused-ring (bicyclic) bond motifs is 1. The Kier molecular flexibility index (Phi) is 5.05. The fourth-order valence-corrected chi connectivity index (χ4v) is 2.45. The summed E-state index contributed by atoms with van der Waals surface area (Å²) in [6.45, 7) is 8.00. The van der Waals surface area contributed by atoms with Crippen LogP contribution in [0.4, 0.5) is 0 Å². The molecule has 0 amide bonds. The minimum atomic E-state index is 0.320. The maximum absolute atomic E-state index is 5.45. The Morgan fingerprint density at radius 1 is 1.26 bits per heavy atom. The monoisotopic (exact) mass is 264 g/mol. The lowest BCUT2D eigenvalue weighted by Crippen LogP contribution is -2.34. The molecule has 2 rings (SSSR count). The van der Waals surface area contributed by atoms with Crippen LogP contribution in [-0.4, -0.2) is 38.4 Å². The second-order valence-corrected chi connectivity index (χ2v) is 4.85. The molecule has 0 aromatic heterocycles. The Morgan fingerprint density at radius 2 is 2.05 bits per heavy atom. The summed E-state index contributed by atoms with van der Waals surface area (Å²) in [7, 11) is 2.01. The molecular formula is C15H24N2O2. The van der Waals surface area contributed by atoms with E-state index in [2.05, 4.69) is 36.2 Å². The largest absolute Gasteiger partial charge is 0.454 e. The number of likely N-dealkylation sites (N-methyl/N-ethyl adjacent to an activating group) is 2. The Balaban J connectivity index is 2.08. The van der Waals surface area contributed by atoms with Gasteiger partial charge in [-0.25, -0.2) is 0 Å². The molecule has 1 atom stereocenters. The fraction of sp³-hybridized carbons (Fsp3) is 0.600. The summed E-state index contributed by atoms with van der Waals surface area (Å²) < 4.78 is 10.8. The molecule has 0 bridgehead atoms. The molecule has 0 aliphatic carbocycles. The predicted molar refractivity (Wildman–Crippen MR) is 76.8 cm³/mol. The molecule has 1 heterocycles. The third kappa shape index (κ3) is 3.39. The van der Waals surface area contributed by atoms with Gasteiger partial charge in [-0.15, -0.1) is 0 Å². The van der Waals surface area contributed by atoms with Gasteiger partial charge < -0.3 is 19.7 Å². The first-order valence-corrected chi connectivity index (χ1v) is 7.07. The summed E-state index contributed by atoms with van der Waals surface area (Å²) in [6, 6.07) is 6.52. The first kappa shape index (κ1) is 14.2. The van der Waals surface area contributed by atoms with E-state index in [4.69, 9.17) is 9.47 Å². The highest BCUT2D eigenvalue weighted by molar-refractivity contribution is 5.45. The minimum Gasteiger partial charge on any atom is -0.454 e. The number of nitrogens with one attached hydrogen (secondary N) is 1. The second-order valence-electron chi connectivity index (χ2n) is 4.85. The Bertz CT molecular complexity index is 409. The topological polar surface area (TPSA) is 33.7 Å². The zero-order valence-electron chi connectivity index (χ0n) is 12.1. The summed E-state index contributed by atoms with van der Waals surface area (Å²) in [5.74, 6) is 1.70. The lowest BCUT2D eigenvalue weighted by atomic mass is 10.1. The van der Waals surface area contributed by atoms with Crippen LogP contribution in [0.25, 0.3) is 0 Å². The smallest absolute Gasteiger partial charge is 0.231 e. The van der Waals surface area contributed by atoms with Crippen molar-refractivity contribution in [2.75, 3.05) is 33.5 Å². The molecule has 4 nitrogen and oxygen atoms in total. The molecule has 0 fully saturated rings. The molecule has 19 heavy (non-hydrogen) atoms. The average Bonchev–Trinajstić information content (AvgIpc) is 2.90. The van der Waals surface area contributed by atoms with Gasteiger partial charge in [0.05, 0.1) is 0 Å². The summed E-state index contributed by atoms with van der Waals surface area (Å²) in [5, 5.41) is 3.39. The van der Waals surface area contributed by atoms with Crippen LogP contribution in [0.15, 0.2) is 18.2 Å². The number of ether oxygens (including phenoxy) is 2. The van der Waals surface area contributed by atoms with Crippen molar-refractivity contribution < 1.29 is 9.47 Å². The van der Waals surface area contributed by atoms with Gasteiger partial charge in [0.2, 0.25) is 6.79 Å². The van der Waals surface area contributed by atoms with E-state index in [1.807, 2.05) is 13.1 Å². The van der Waals surface area contributed by atoms with E-state index < -0.39 is 0 Å². The fourth-order valence-electron chi connectivity index (χ4n) is 2.45. The molecule has 1 aromatic carbocycles. The first-order chi connectivity index (χ1) is 9.28. The van der Waals surface area contributed by atoms with Crippen LogP contribution in [0, 0.1) is 0 Å². The maximum atomic E-state index is 5.45. The number of hydrogen-bond donors (Lipinski definition) is 1. The van der Waals surface area contributed by atoms with Gasteiger partial charge in [0, 0.05) is 12.6 Å². The van der Waals surface area contributed by atoms with Gasteiger partial charge >= 0.3 is 0 Å². The van der Waals surface area contributed by atoms with Crippen LogP contribution in [0.1, 0.15) is 31.9 Å². The SMILES string of the molecule is CCCN(CC)CC(NC)c1ccc2c(c1)OCO2. The van der Waals surface area contributed by atoms with Gasteiger partial charge in [0.15, 0.2) is 11.5 Å². The van der Waals surface area contributed by atoms with E-state index in [0.717, 1.165) is 31.1 Å². The molecule has 1 unspecified atom stereocenters. The van der Waals surface area contributed by atoms with Gasteiger partial charge in [-0.3, -0.25) is 0 Å². The molecule has 106 valence electrons. The standard InChI is InChI=1S/C15H24N2O2/c1-4-8-17(5-2)10-13(16-3)12-6-7-14-15(9-12)19-11-18-14/h6-7,9,13,16H,4-5,8,10-11H2,1-3H3. The summed E-state index contributed by atoms with van der Waals surface area (Å²) in [5.41, 5.74) is 1.25. The second kappa shape index (κ2) is 6.78. The van der Waals surface area contributed by atoms with E-state index in [1.165, 1.54) is 12.0 Å². The molecule has 1 aromatic rings. The third-order valence-corrected chi connectivity index (χ3v) is 3.58. The van der Waals surface area contributed by atoms with Crippen molar-refractivity contribution in [3.8, 4) is 11.5 Å². The molecule has 4 heteroatoms. The first-order valence-electron chi connectivity index (χ1n) is 7.07. The third-order valence-electron chi connectivity index (χ3n) is 3.58. The molecule has 0 spiro atoms. The van der Waals surface area contributed by atoms with Crippen molar-refractivity contribution in [2.24, 2.45) is 0 Å². The van der Waals surface area contributed by atoms with Crippen molar-refractivity contribution in [1.29, 1.82) is 0 Å². The van der Waals surface area contributed by atoms with Gasteiger partial charge in [-0.05, 0) is 44.3 Å². The van der Waals surface area contributed by atoms with Crippen LogP contribution in [0.3, 0.4) is 0 Å². The molecule has 1 aliphatic heterocycles. The zero-order chi connectivity index (χ0) is 13.7. The van der Waals surface area contributed by atoms with E-state index in [0.29, 0.717) is 12.8 Å². The van der Waals surface area contributed by atoms with Crippen LogP contribution in [0.2, 0.25) is 0 Å². The van der Waals surface area contributed by atoms with E-state index >= 15 is 0 Å². The number of benzene rings is 1. The quantitative estimate of drug-likeness (QED) is 0.820.